The van der Waals surface area contributed by atoms with Gasteiger partial charge in [-0.2, -0.15) is 5.10 Å². The van der Waals surface area contributed by atoms with E-state index in [9.17, 15) is 9.90 Å². The van der Waals surface area contributed by atoms with Crippen LogP contribution < -0.4 is 10.6 Å². The molecule has 0 unspecified atom stereocenters. The van der Waals surface area contributed by atoms with Gasteiger partial charge in [0.2, 0.25) is 0 Å². The van der Waals surface area contributed by atoms with Gasteiger partial charge in [0.15, 0.2) is 0 Å². The quantitative estimate of drug-likeness (QED) is 0.781. The van der Waals surface area contributed by atoms with Crippen LogP contribution in [0.25, 0.3) is 0 Å². The Morgan fingerprint density at radius 1 is 1.32 bits per heavy atom. The van der Waals surface area contributed by atoms with E-state index in [0.717, 1.165) is 11.3 Å². The summed E-state index contributed by atoms with van der Waals surface area (Å²) in [4.78, 5) is 12.1. The molecule has 0 radical (unpaired) electrons. The first-order chi connectivity index (χ1) is 10.1. The second kappa shape index (κ2) is 7.13. The van der Waals surface area contributed by atoms with Crippen molar-refractivity contribution in [2.75, 3.05) is 6.61 Å². The maximum atomic E-state index is 12.1. The summed E-state index contributed by atoms with van der Waals surface area (Å²) in [6.07, 6.45) is 1.98. The molecule has 0 spiro atoms. The molecule has 126 valence electrons. The highest BCUT2D eigenvalue weighted by atomic mass is 16.3. The number of carbonyl (C=O) groups excluding carboxylic acids is 1. The molecule has 0 saturated heterocycles. The van der Waals surface area contributed by atoms with Crippen LogP contribution in [-0.4, -0.2) is 33.6 Å². The number of rotatable bonds is 5. The van der Waals surface area contributed by atoms with Gasteiger partial charge in [0.05, 0.1) is 29.9 Å². The van der Waals surface area contributed by atoms with Crippen molar-refractivity contribution in [3.63, 3.8) is 0 Å². The third kappa shape index (κ3) is 4.73. The maximum Gasteiger partial charge on any atom is 0.315 e. The van der Waals surface area contributed by atoms with Crippen LogP contribution in [0.4, 0.5) is 4.79 Å². The zero-order valence-electron chi connectivity index (χ0n) is 14.8. The smallest absolute Gasteiger partial charge is 0.315 e. The fraction of sp³-hybridized carbons (Fsp3) is 0.750. The summed E-state index contributed by atoms with van der Waals surface area (Å²) in [5, 5.41) is 19.5. The predicted octanol–water partition coefficient (Wildman–Crippen LogP) is 2.32. The van der Waals surface area contributed by atoms with E-state index in [2.05, 4.69) is 36.5 Å². The second-order valence-electron chi connectivity index (χ2n) is 7.16. The molecule has 0 aliphatic carbocycles. The van der Waals surface area contributed by atoms with Gasteiger partial charge in [0, 0.05) is 11.8 Å². The molecule has 6 heteroatoms. The van der Waals surface area contributed by atoms with Crippen molar-refractivity contribution >= 4 is 6.03 Å². The van der Waals surface area contributed by atoms with Crippen LogP contribution in [0.2, 0.25) is 0 Å². The average Bonchev–Trinajstić information content (AvgIpc) is 2.77. The first-order valence-corrected chi connectivity index (χ1v) is 7.80. The molecule has 2 atom stereocenters. The largest absolute Gasteiger partial charge is 0.394 e. The monoisotopic (exact) mass is 310 g/mol. The van der Waals surface area contributed by atoms with E-state index in [1.54, 1.807) is 0 Å². The summed E-state index contributed by atoms with van der Waals surface area (Å²) in [6, 6.07) is -0.670. The lowest BCUT2D eigenvalue weighted by Gasteiger charge is -2.22. The average molecular weight is 310 g/mol. The molecule has 1 aromatic rings. The van der Waals surface area contributed by atoms with E-state index in [1.165, 1.54) is 0 Å². The Morgan fingerprint density at radius 2 is 1.91 bits per heavy atom. The van der Waals surface area contributed by atoms with E-state index in [1.807, 2.05) is 38.6 Å². The molecule has 0 aromatic carbocycles. The molecular weight excluding hydrogens is 280 g/mol. The number of nitrogens with one attached hydrogen (secondary N) is 2. The SMILES string of the molecule is Cc1nn(C(C)(C)C)cc1[C@H](C)NC(=O)N[C@H](CO)C(C)C. The molecule has 1 heterocycles. The standard InChI is InChI=1S/C16H30N4O2/c1-10(2)14(9-21)18-15(22)17-11(3)13-8-20(16(5,6)7)19-12(13)4/h8,10-11,14,21H,9H2,1-7H3,(H2,17,18,22)/t11-,14+/m0/s1. The topological polar surface area (TPSA) is 79.2 Å². The summed E-state index contributed by atoms with van der Waals surface area (Å²) >= 11 is 0. The van der Waals surface area contributed by atoms with Crippen molar-refractivity contribution in [3.05, 3.63) is 17.5 Å². The fourth-order valence-electron chi connectivity index (χ4n) is 2.15. The summed E-state index contributed by atoms with van der Waals surface area (Å²) in [7, 11) is 0. The Balaban J connectivity index is 2.75. The van der Waals surface area contributed by atoms with Crippen molar-refractivity contribution in [2.45, 2.75) is 66.1 Å². The number of nitrogens with zero attached hydrogens (tertiary/aromatic N) is 2. The van der Waals surface area contributed by atoms with Crippen molar-refractivity contribution in [3.8, 4) is 0 Å². The van der Waals surface area contributed by atoms with Gasteiger partial charge >= 0.3 is 6.03 Å². The third-order valence-corrected chi connectivity index (χ3v) is 3.76. The van der Waals surface area contributed by atoms with Crippen LogP contribution >= 0.6 is 0 Å². The van der Waals surface area contributed by atoms with Crippen molar-refractivity contribution in [1.29, 1.82) is 0 Å². The van der Waals surface area contributed by atoms with Gasteiger partial charge < -0.3 is 15.7 Å². The molecule has 1 aromatic heterocycles. The normalized spacial score (nSPS) is 14.8. The van der Waals surface area contributed by atoms with E-state index < -0.39 is 0 Å². The number of aryl methyl sites for hydroxylation is 1. The molecule has 0 aliphatic rings. The molecule has 0 fully saturated rings. The minimum atomic E-state index is -0.275. The van der Waals surface area contributed by atoms with Gasteiger partial charge in [-0.3, -0.25) is 4.68 Å². The lowest BCUT2D eigenvalue weighted by molar-refractivity contribution is 0.196. The number of amides is 2. The van der Waals surface area contributed by atoms with E-state index >= 15 is 0 Å². The Kier molecular flexibility index (Phi) is 6.00. The van der Waals surface area contributed by atoms with E-state index in [-0.39, 0.29) is 36.2 Å². The highest BCUT2D eigenvalue weighted by molar-refractivity contribution is 5.74. The number of hydrogen-bond donors (Lipinski definition) is 3. The summed E-state index contributed by atoms with van der Waals surface area (Å²) < 4.78 is 1.92. The number of urea groups is 1. The predicted molar refractivity (Wildman–Crippen MR) is 87.8 cm³/mol. The summed E-state index contributed by atoms with van der Waals surface area (Å²) in [5.41, 5.74) is 1.81. The number of hydrogen-bond acceptors (Lipinski definition) is 3. The van der Waals surface area contributed by atoms with Crippen molar-refractivity contribution in [2.24, 2.45) is 5.92 Å². The maximum absolute atomic E-state index is 12.1. The highest BCUT2D eigenvalue weighted by Gasteiger charge is 2.21. The molecule has 1 rings (SSSR count). The van der Waals surface area contributed by atoms with Gasteiger partial charge in [-0.15, -0.1) is 0 Å². The lowest BCUT2D eigenvalue weighted by atomic mass is 10.1. The Bertz CT molecular complexity index is 503. The molecule has 0 saturated carbocycles. The van der Waals surface area contributed by atoms with Gasteiger partial charge in [0.25, 0.3) is 0 Å². The van der Waals surface area contributed by atoms with Crippen LogP contribution in [-0.2, 0) is 5.54 Å². The zero-order chi connectivity index (χ0) is 17.1. The summed E-state index contributed by atoms with van der Waals surface area (Å²) in [5.74, 6) is 0.177. The Labute approximate surface area is 133 Å². The van der Waals surface area contributed by atoms with E-state index in [0.29, 0.717) is 0 Å². The first-order valence-electron chi connectivity index (χ1n) is 7.80. The number of aliphatic hydroxyl groups excluding tert-OH is 1. The van der Waals surface area contributed by atoms with Gasteiger partial charge in [-0.25, -0.2) is 4.79 Å². The van der Waals surface area contributed by atoms with Crippen LogP contribution in [0.1, 0.15) is 58.8 Å². The molecule has 6 nitrogen and oxygen atoms in total. The van der Waals surface area contributed by atoms with Gasteiger partial charge in [0.1, 0.15) is 0 Å². The van der Waals surface area contributed by atoms with Crippen molar-refractivity contribution < 1.29 is 9.90 Å². The Hall–Kier alpha value is -1.56. The first kappa shape index (κ1) is 18.5. The lowest BCUT2D eigenvalue weighted by Crippen LogP contribution is -2.46. The van der Waals surface area contributed by atoms with Crippen LogP contribution in [0.5, 0.6) is 0 Å². The van der Waals surface area contributed by atoms with Crippen molar-refractivity contribution in [1.82, 2.24) is 20.4 Å². The minimum absolute atomic E-state index is 0.0690. The molecule has 0 bridgehead atoms. The number of aromatic nitrogens is 2. The van der Waals surface area contributed by atoms with Crippen LogP contribution in [0.3, 0.4) is 0 Å². The minimum Gasteiger partial charge on any atom is -0.394 e. The molecular formula is C16H30N4O2. The van der Waals surface area contributed by atoms with Gasteiger partial charge in [-0.1, -0.05) is 13.8 Å². The number of aliphatic hydroxyl groups is 1. The van der Waals surface area contributed by atoms with Crippen LogP contribution in [0.15, 0.2) is 6.20 Å². The van der Waals surface area contributed by atoms with Gasteiger partial charge in [-0.05, 0) is 40.5 Å². The third-order valence-electron chi connectivity index (χ3n) is 3.76. The second-order valence-corrected chi connectivity index (χ2v) is 7.16. The van der Waals surface area contributed by atoms with Crippen LogP contribution in [0, 0.1) is 12.8 Å². The zero-order valence-corrected chi connectivity index (χ0v) is 14.8. The molecule has 0 aliphatic heterocycles. The summed E-state index contributed by atoms with van der Waals surface area (Å²) in [6.45, 7) is 14.0. The number of carbonyl (C=O) groups is 1. The highest BCUT2D eigenvalue weighted by Crippen LogP contribution is 2.21. The Morgan fingerprint density at radius 3 is 2.32 bits per heavy atom. The molecule has 2 amide bonds. The molecule has 3 N–H and O–H groups in total. The molecule has 22 heavy (non-hydrogen) atoms. The fourth-order valence-corrected chi connectivity index (χ4v) is 2.15. The van der Waals surface area contributed by atoms with E-state index in [4.69, 9.17) is 0 Å².